The predicted molar refractivity (Wildman–Crippen MR) is 98.4 cm³/mol. The van der Waals surface area contributed by atoms with Crippen LogP contribution in [0.1, 0.15) is 16.1 Å². The second-order valence-corrected chi connectivity index (χ2v) is 5.76. The van der Waals surface area contributed by atoms with E-state index in [-0.39, 0.29) is 24.1 Å². The average Bonchev–Trinajstić information content (AvgIpc) is 3.19. The van der Waals surface area contributed by atoms with E-state index >= 15 is 0 Å². The largest absolute Gasteiger partial charge is 0.484 e. The van der Waals surface area contributed by atoms with E-state index in [0.717, 1.165) is 0 Å². The van der Waals surface area contributed by atoms with Gasteiger partial charge in [-0.05, 0) is 61.0 Å². The SMILES string of the molecule is Cc1ccc(NC(=O)COc2ccc(NC(=O)c3ccco3)cc2)cc1F. The van der Waals surface area contributed by atoms with Gasteiger partial charge < -0.3 is 19.8 Å². The van der Waals surface area contributed by atoms with E-state index in [1.54, 1.807) is 55.5 Å². The van der Waals surface area contributed by atoms with Crippen LogP contribution in [0.25, 0.3) is 0 Å². The molecule has 0 aliphatic rings. The molecule has 0 unspecified atom stereocenters. The molecule has 0 spiro atoms. The van der Waals surface area contributed by atoms with E-state index in [0.29, 0.717) is 22.7 Å². The topological polar surface area (TPSA) is 80.6 Å². The van der Waals surface area contributed by atoms with Crippen LogP contribution in [-0.2, 0) is 4.79 Å². The number of ether oxygens (including phenoxy) is 1. The Hall–Kier alpha value is -3.61. The molecule has 7 heteroatoms. The first-order chi connectivity index (χ1) is 13.0. The maximum absolute atomic E-state index is 13.5. The predicted octanol–water partition coefficient (Wildman–Crippen LogP) is 4.00. The third-order valence-corrected chi connectivity index (χ3v) is 3.68. The summed E-state index contributed by atoms with van der Waals surface area (Å²) in [5.41, 5.74) is 1.43. The third-order valence-electron chi connectivity index (χ3n) is 3.68. The summed E-state index contributed by atoms with van der Waals surface area (Å²) in [6.07, 6.45) is 1.42. The summed E-state index contributed by atoms with van der Waals surface area (Å²) in [4.78, 5) is 23.8. The molecule has 0 saturated heterocycles. The fourth-order valence-corrected chi connectivity index (χ4v) is 2.25. The highest BCUT2D eigenvalue weighted by Crippen LogP contribution is 2.17. The molecule has 3 rings (SSSR count). The van der Waals surface area contributed by atoms with Gasteiger partial charge in [-0.3, -0.25) is 9.59 Å². The Morgan fingerprint density at radius 2 is 1.78 bits per heavy atom. The van der Waals surface area contributed by atoms with Crippen molar-refractivity contribution in [2.24, 2.45) is 0 Å². The number of anilines is 2. The second-order valence-electron chi connectivity index (χ2n) is 5.76. The van der Waals surface area contributed by atoms with Crippen LogP contribution in [0.5, 0.6) is 5.75 Å². The van der Waals surface area contributed by atoms with Crippen LogP contribution in [0.15, 0.2) is 65.3 Å². The molecule has 27 heavy (non-hydrogen) atoms. The number of benzene rings is 2. The molecular formula is C20H17FN2O4. The summed E-state index contributed by atoms with van der Waals surface area (Å²) in [7, 11) is 0. The van der Waals surface area contributed by atoms with Gasteiger partial charge in [0.1, 0.15) is 11.6 Å². The molecule has 0 fully saturated rings. The summed E-state index contributed by atoms with van der Waals surface area (Å²) in [6.45, 7) is 1.42. The van der Waals surface area contributed by atoms with Crippen molar-refractivity contribution in [3.05, 3.63) is 78.0 Å². The Kier molecular flexibility index (Phi) is 5.51. The van der Waals surface area contributed by atoms with E-state index < -0.39 is 5.91 Å². The van der Waals surface area contributed by atoms with Crippen molar-refractivity contribution >= 4 is 23.2 Å². The summed E-state index contributed by atoms with van der Waals surface area (Å²) in [6, 6.07) is 14.2. The number of aryl methyl sites for hydroxylation is 1. The van der Waals surface area contributed by atoms with Crippen molar-refractivity contribution in [2.75, 3.05) is 17.2 Å². The van der Waals surface area contributed by atoms with E-state index in [9.17, 15) is 14.0 Å². The third kappa shape index (κ3) is 4.94. The van der Waals surface area contributed by atoms with Gasteiger partial charge in [-0.1, -0.05) is 6.07 Å². The molecule has 0 aliphatic carbocycles. The van der Waals surface area contributed by atoms with Crippen molar-refractivity contribution in [1.29, 1.82) is 0 Å². The summed E-state index contributed by atoms with van der Waals surface area (Å²) < 4.78 is 23.9. The number of nitrogens with one attached hydrogen (secondary N) is 2. The Morgan fingerprint density at radius 1 is 1.04 bits per heavy atom. The van der Waals surface area contributed by atoms with E-state index in [1.807, 2.05) is 0 Å². The Balaban J connectivity index is 1.50. The van der Waals surface area contributed by atoms with Crippen LogP contribution in [0, 0.1) is 12.7 Å². The summed E-state index contributed by atoms with van der Waals surface area (Å²) >= 11 is 0. The molecule has 0 radical (unpaired) electrons. The molecule has 0 bridgehead atoms. The molecule has 1 heterocycles. The molecular weight excluding hydrogens is 351 g/mol. The lowest BCUT2D eigenvalue weighted by molar-refractivity contribution is -0.118. The van der Waals surface area contributed by atoms with Crippen molar-refractivity contribution in [3.63, 3.8) is 0 Å². The molecule has 6 nitrogen and oxygen atoms in total. The minimum absolute atomic E-state index is 0.208. The first kappa shape index (κ1) is 18.2. The Morgan fingerprint density at radius 3 is 2.44 bits per heavy atom. The minimum atomic E-state index is -0.409. The fourth-order valence-electron chi connectivity index (χ4n) is 2.25. The van der Waals surface area contributed by atoms with E-state index in [4.69, 9.17) is 9.15 Å². The van der Waals surface area contributed by atoms with Gasteiger partial charge in [0.25, 0.3) is 11.8 Å². The number of carbonyl (C=O) groups is 2. The molecule has 0 atom stereocenters. The number of halogens is 1. The molecule has 3 aromatic rings. The first-order valence-corrected chi connectivity index (χ1v) is 8.15. The van der Waals surface area contributed by atoms with Gasteiger partial charge in [0.05, 0.1) is 6.26 Å². The smallest absolute Gasteiger partial charge is 0.291 e. The standard InChI is InChI=1S/C20H17FN2O4/c1-13-4-5-15(11-17(13)21)22-19(24)12-27-16-8-6-14(7-9-16)23-20(25)18-3-2-10-26-18/h2-11H,12H2,1H3,(H,22,24)(H,23,25). The van der Waals surface area contributed by atoms with Gasteiger partial charge in [0.15, 0.2) is 12.4 Å². The van der Waals surface area contributed by atoms with Crippen LogP contribution in [0.2, 0.25) is 0 Å². The van der Waals surface area contributed by atoms with Gasteiger partial charge in [-0.2, -0.15) is 0 Å². The quantitative estimate of drug-likeness (QED) is 0.689. The van der Waals surface area contributed by atoms with Crippen LogP contribution in [0.4, 0.5) is 15.8 Å². The number of rotatable bonds is 6. The molecule has 2 N–H and O–H groups in total. The summed E-state index contributed by atoms with van der Waals surface area (Å²) in [5.74, 6) is -0.497. The highest BCUT2D eigenvalue weighted by atomic mass is 19.1. The molecule has 2 aromatic carbocycles. The second kappa shape index (κ2) is 8.18. The lowest BCUT2D eigenvalue weighted by atomic mass is 10.2. The van der Waals surface area contributed by atoms with Crippen LogP contribution < -0.4 is 15.4 Å². The number of hydrogen-bond donors (Lipinski definition) is 2. The van der Waals surface area contributed by atoms with Gasteiger partial charge in [0.2, 0.25) is 0 Å². The highest BCUT2D eigenvalue weighted by molar-refractivity contribution is 6.02. The molecule has 2 amide bonds. The zero-order chi connectivity index (χ0) is 19.2. The lowest BCUT2D eigenvalue weighted by Crippen LogP contribution is -2.20. The number of carbonyl (C=O) groups excluding carboxylic acids is 2. The normalized spacial score (nSPS) is 10.3. The van der Waals surface area contributed by atoms with Crippen LogP contribution in [-0.4, -0.2) is 18.4 Å². The van der Waals surface area contributed by atoms with Gasteiger partial charge in [-0.15, -0.1) is 0 Å². The number of hydrogen-bond acceptors (Lipinski definition) is 4. The molecule has 138 valence electrons. The maximum Gasteiger partial charge on any atom is 0.291 e. The molecule has 1 aromatic heterocycles. The average molecular weight is 368 g/mol. The van der Waals surface area contributed by atoms with Crippen molar-refractivity contribution < 1.29 is 23.1 Å². The molecule has 0 saturated carbocycles. The van der Waals surface area contributed by atoms with Crippen LogP contribution in [0.3, 0.4) is 0 Å². The Labute approximate surface area is 155 Å². The van der Waals surface area contributed by atoms with E-state index in [2.05, 4.69) is 10.6 Å². The van der Waals surface area contributed by atoms with Gasteiger partial charge in [-0.25, -0.2) is 4.39 Å². The number of furan rings is 1. The maximum atomic E-state index is 13.5. The first-order valence-electron chi connectivity index (χ1n) is 8.15. The zero-order valence-electron chi connectivity index (χ0n) is 14.5. The van der Waals surface area contributed by atoms with E-state index in [1.165, 1.54) is 12.3 Å². The molecule has 0 aliphatic heterocycles. The van der Waals surface area contributed by atoms with Crippen LogP contribution >= 0.6 is 0 Å². The van der Waals surface area contributed by atoms with Gasteiger partial charge >= 0.3 is 0 Å². The monoisotopic (exact) mass is 368 g/mol. The summed E-state index contributed by atoms with van der Waals surface area (Å²) in [5, 5.41) is 5.24. The van der Waals surface area contributed by atoms with Crippen molar-refractivity contribution in [1.82, 2.24) is 0 Å². The number of amides is 2. The highest BCUT2D eigenvalue weighted by Gasteiger charge is 2.09. The Bertz CT molecular complexity index is 937. The van der Waals surface area contributed by atoms with Gasteiger partial charge in [0, 0.05) is 11.4 Å². The van der Waals surface area contributed by atoms with Crippen molar-refractivity contribution in [3.8, 4) is 5.75 Å². The van der Waals surface area contributed by atoms with Crippen molar-refractivity contribution in [2.45, 2.75) is 6.92 Å². The zero-order valence-corrected chi connectivity index (χ0v) is 14.5. The fraction of sp³-hybridized carbons (Fsp3) is 0.100. The minimum Gasteiger partial charge on any atom is -0.484 e. The lowest BCUT2D eigenvalue weighted by Gasteiger charge is -2.09.